The van der Waals surface area contributed by atoms with Crippen molar-refractivity contribution in [2.45, 2.75) is 25.3 Å². The van der Waals surface area contributed by atoms with E-state index < -0.39 is 0 Å². The van der Waals surface area contributed by atoms with E-state index in [1.807, 2.05) is 6.07 Å². The Morgan fingerprint density at radius 1 is 0.750 bits per heavy atom. The van der Waals surface area contributed by atoms with Crippen LogP contribution in [0.5, 0.6) is 23.0 Å². The number of fused-ring (bicyclic) bond motifs is 3. The van der Waals surface area contributed by atoms with Crippen molar-refractivity contribution >= 4 is 21.5 Å². The maximum absolute atomic E-state index is 5.58. The van der Waals surface area contributed by atoms with E-state index in [9.17, 15) is 0 Å². The lowest BCUT2D eigenvalue weighted by atomic mass is 9.92. The first-order valence-electron chi connectivity index (χ1n) is 9.65. The Bertz CT molecular complexity index is 1010. The summed E-state index contributed by atoms with van der Waals surface area (Å²) >= 11 is 0. The molecule has 0 aliphatic carbocycles. The number of ether oxygens (including phenoxy) is 4. The summed E-state index contributed by atoms with van der Waals surface area (Å²) in [6.45, 7) is 1.10. The molecule has 0 radical (unpaired) electrons. The molecule has 3 aromatic rings. The summed E-state index contributed by atoms with van der Waals surface area (Å²) in [6, 6.07) is 11.0. The van der Waals surface area contributed by atoms with Crippen LogP contribution in [0.2, 0.25) is 0 Å². The normalized spacial score (nSPS) is 16.5. The molecule has 0 amide bonds. The molecule has 0 unspecified atom stereocenters. The van der Waals surface area contributed by atoms with Crippen LogP contribution in [0.15, 0.2) is 30.3 Å². The fourth-order valence-electron chi connectivity index (χ4n) is 4.25. The number of rotatable bonds is 6. The predicted octanol–water partition coefficient (Wildman–Crippen LogP) is 4.32. The van der Waals surface area contributed by atoms with E-state index >= 15 is 0 Å². The van der Waals surface area contributed by atoms with Crippen molar-refractivity contribution in [3.05, 3.63) is 35.9 Å². The van der Waals surface area contributed by atoms with Gasteiger partial charge in [0.15, 0.2) is 23.0 Å². The summed E-state index contributed by atoms with van der Waals surface area (Å²) < 4.78 is 22.2. The molecule has 0 spiro atoms. The Morgan fingerprint density at radius 3 is 1.89 bits per heavy atom. The highest BCUT2D eigenvalue weighted by Crippen LogP contribution is 2.41. The smallest absolute Gasteiger partial charge is 0.161 e. The third-order valence-corrected chi connectivity index (χ3v) is 5.67. The average Bonchev–Trinajstić information content (AvgIpc) is 3.24. The van der Waals surface area contributed by atoms with Crippen molar-refractivity contribution in [2.24, 2.45) is 0 Å². The van der Waals surface area contributed by atoms with Crippen molar-refractivity contribution in [3.63, 3.8) is 0 Å². The molecule has 0 saturated carbocycles. The molecule has 0 bridgehead atoms. The zero-order chi connectivity index (χ0) is 19.7. The second-order valence-corrected chi connectivity index (χ2v) is 7.21. The van der Waals surface area contributed by atoms with Crippen molar-refractivity contribution in [1.29, 1.82) is 0 Å². The molecular weight excluding hydrogens is 354 g/mol. The minimum Gasteiger partial charge on any atom is -0.493 e. The SMILES string of the molecule is COc1cc2cc(C[C@H]3CCCN3)c3cc(OC)c(OC)cc3c2cc1OC. The zero-order valence-electron chi connectivity index (χ0n) is 16.9. The first kappa shape index (κ1) is 18.7. The Labute approximate surface area is 165 Å². The largest absolute Gasteiger partial charge is 0.493 e. The fourth-order valence-corrected chi connectivity index (χ4v) is 4.25. The number of nitrogens with one attached hydrogen (secondary N) is 1. The van der Waals surface area contributed by atoms with E-state index in [0.717, 1.165) is 52.1 Å². The Hall–Kier alpha value is -2.66. The highest BCUT2D eigenvalue weighted by Gasteiger charge is 2.19. The van der Waals surface area contributed by atoms with E-state index in [1.165, 1.54) is 23.8 Å². The molecule has 5 heteroatoms. The summed E-state index contributed by atoms with van der Waals surface area (Å²) in [4.78, 5) is 0. The minimum atomic E-state index is 0.508. The molecule has 3 aromatic carbocycles. The molecule has 148 valence electrons. The summed E-state index contributed by atoms with van der Waals surface area (Å²) in [5.41, 5.74) is 1.30. The van der Waals surface area contributed by atoms with E-state index in [4.69, 9.17) is 18.9 Å². The van der Waals surface area contributed by atoms with Gasteiger partial charge in [-0.2, -0.15) is 0 Å². The van der Waals surface area contributed by atoms with Crippen molar-refractivity contribution in [3.8, 4) is 23.0 Å². The summed E-state index contributed by atoms with van der Waals surface area (Å²) in [7, 11) is 6.68. The first-order valence-corrected chi connectivity index (χ1v) is 9.65. The number of hydrogen-bond donors (Lipinski definition) is 1. The molecule has 1 saturated heterocycles. The second-order valence-electron chi connectivity index (χ2n) is 7.21. The van der Waals surface area contributed by atoms with Gasteiger partial charge in [-0.05, 0) is 77.2 Å². The molecule has 1 heterocycles. The highest BCUT2D eigenvalue weighted by molar-refractivity contribution is 6.11. The Balaban J connectivity index is 2.01. The van der Waals surface area contributed by atoms with Crippen molar-refractivity contribution in [2.75, 3.05) is 35.0 Å². The predicted molar refractivity (Wildman–Crippen MR) is 112 cm³/mol. The van der Waals surface area contributed by atoms with Crippen LogP contribution in [-0.2, 0) is 6.42 Å². The van der Waals surface area contributed by atoms with Gasteiger partial charge in [0.2, 0.25) is 0 Å². The molecule has 5 nitrogen and oxygen atoms in total. The van der Waals surface area contributed by atoms with Gasteiger partial charge in [0.05, 0.1) is 28.4 Å². The van der Waals surface area contributed by atoms with Gasteiger partial charge in [-0.15, -0.1) is 0 Å². The van der Waals surface area contributed by atoms with Crippen LogP contribution in [0.3, 0.4) is 0 Å². The van der Waals surface area contributed by atoms with Crippen LogP contribution in [0.4, 0.5) is 0 Å². The molecule has 4 rings (SSSR count). The molecule has 1 aliphatic rings. The maximum atomic E-state index is 5.58. The Morgan fingerprint density at radius 2 is 1.32 bits per heavy atom. The van der Waals surface area contributed by atoms with Gasteiger partial charge in [0.25, 0.3) is 0 Å². The summed E-state index contributed by atoms with van der Waals surface area (Å²) in [5.74, 6) is 2.92. The molecule has 1 N–H and O–H groups in total. The summed E-state index contributed by atoms with van der Waals surface area (Å²) in [5, 5.41) is 8.16. The van der Waals surface area contributed by atoms with Crippen LogP contribution in [0.1, 0.15) is 18.4 Å². The maximum Gasteiger partial charge on any atom is 0.161 e. The first-order chi connectivity index (χ1) is 13.7. The average molecular weight is 381 g/mol. The summed E-state index contributed by atoms with van der Waals surface area (Å²) in [6.07, 6.45) is 3.42. The number of benzene rings is 3. The van der Waals surface area contributed by atoms with Crippen LogP contribution < -0.4 is 24.3 Å². The third kappa shape index (κ3) is 3.20. The van der Waals surface area contributed by atoms with Crippen molar-refractivity contribution in [1.82, 2.24) is 5.32 Å². The monoisotopic (exact) mass is 381 g/mol. The number of hydrogen-bond acceptors (Lipinski definition) is 5. The third-order valence-electron chi connectivity index (χ3n) is 5.67. The lowest BCUT2D eigenvalue weighted by molar-refractivity contribution is 0.355. The molecule has 1 fully saturated rings. The molecule has 1 atom stereocenters. The number of methoxy groups -OCH3 is 4. The van der Waals surface area contributed by atoms with E-state index in [2.05, 4.69) is 29.6 Å². The van der Waals surface area contributed by atoms with Crippen LogP contribution in [0.25, 0.3) is 21.5 Å². The van der Waals surface area contributed by atoms with Gasteiger partial charge in [-0.1, -0.05) is 6.07 Å². The van der Waals surface area contributed by atoms with Crippen LogP contribution in [0, 0.1) is 0 Å². The van der Waals surface area contributed by atoms with Gasteiger partial charge < -0.3 is 24.3 Å². The van der Waals surface area contributed by atoms with Crippen LogP contribution in [-0.4, -0.2) is 41.0 Å². The molecule has 28 heavy (non-hydrogen) atoms. The van der Waals surface area contributed by atoms with Gasteiger partial charge in [0, 0.05) is 6.04 Å². The second kappa shape index (κ2) is 7.76. The van der Waals surface area contributed by atoms with Gasteiger partial charge in [-0.25, -0.2) is 0 Å². The fraction of sp³-hybridized carbons (Fsp3) is 0.391. The lowest BCUT2D eigenvalue weighted by Gasteiger charge is -2.18. The quantitative estimate of drug-likeness (QED) is 0.645. The molecular formula is C23H27NO4. The van der Waals surface area contributed by atoms with Crippen molar-refractivity contribution < 1.29 is 18.9 Å². The van der Waals surface area contributed by atoms with Gasteiger partial charge >= 0.3 is 0 Å². The highest BCUT2D eigenvalue weighted by atomic mass is 16.5. The molecule has 1 aliphatic heterocycles. The van der Waals surface area contributed by atoms with E-state index in [1.54, 1.807) is 28.4 Å². The van der Waals surface area contributed by atoms with Crippen LogP contribution >= 0.6 is 0 Å². The zero-order valence-corrected chi connectivity index (χ0v) is 16.9. The Kier molecular flexibility index (Phi) is 5.18. The molecule has 0 aromatic heterocycles. The van der Waals surface area contributed by atoms with Gasteiger partial charge in [-0.3, -0.25) is 0 Å². The topological polar surface area (TPSA) is 49.0 Å². The minimum absolute atomic E-state index is 0.508. The van der Waals surface area contributed by atoms with E-state index in [-0.39, 0.29) is 0 Å². The van der Waals surface area contributed by atoms with E-state index in [0.29, 0.717) is 6.04 Å². The lowest BCUT2D eigenvalue weighted by Crippen LogP contribution is -2.23. The standard InChI is InChI=1S/C23H27NO4/c1-25-20-10-15-8-14(9-16-6-5-7-24-16)17-11-22(27-3)23(28-4)13-19(17)18(15)12-21(20)26-2/h8,10-13,16,24H,5-7,9H2,1-4H3/t16-/m1/s1. The van der Waals surface area contributed by atoms with Gasteiger partial charge in [0.1, 0.15) is 0 Å².